The molecule has 1 unspecified atom stereocenters. The topological polar surface area (TPSA) is 117 Å². The minimum atomic E-state index is -1.68. The van der Waals surface area contributed by atoms with Crippen molar-refractivity contribution in [3.63, 3.8) is 0 Å². The molecule has 142 valence electrons. The molecule has 2 amide bonds. The van der Waals surface area contributed by atoms with Crippen molar-refractivity contribution in [3.8, 4) is 0 Å². The van der Waals surface area contributed by atoms with E-state index in [2.05, 4.69) is 10.6 Å². The second-order valence-corrected chi connectivity index (χ2v) is 7.59. The highest BCUT2D eigenvalue weighted by molar-refractivity contribution is 5.68. The molecule has 8 heteroatoms. The second-order valence-electron chi connectivity index (χ2n) is 7.59. The maximum atomic E-state index is 11.7. The average Bonchev–Trinajstić information content (AvgIpc) is 2.32. The number of unbranched alkanes of at least 4 members (excludes halogenated alkanes) is 1. The van der Waals surface area contributed by atoms with E-state index in [9.17, 15) is 19.8 Å². The molecular weight excluding hydrogens is 316 g/mol. The van der Waals surface area contributed by atoms with Gasteiger partial charge in [0.25, 0.3) is 0 Å². The smallest absolute Gasteiger partial charge is 0.408 e. The van der Waals surface area contributed by atoms with Gasteiger partial charge in [0.2, 0.25) is 0 Å². The van der Waals surface area contributed by atoms with Crippen LogP contribution in [0.4, 0.5) is 9.59 Å². The minimum Gasteiger partial charge on any atom is -0.444 e. The largest absolute Gasteiger partial charge is 0.444 e. The van der Waals surface area contributed by atoms with Crippen LogP contribution in [0, 0.1) is 0 Å². The molecule has 0 aromatic rings. The van der Waals surface area contributed by atoms with E-state index < -0.39 is 35.7 Å². The first-order chi connectivity index (χ1) is 10.8. The number of hydrogen-bond donors (Lipinski definition) is 4. The maximum absolute atomic E-state index is 11.7. The highest BCUT2D eigenvalue weighted by atomic mass is 16.6. The Morgan fingerprint density at radius 2 is 1.42 bits per heavy atom. The molecule has 24 heavy (non-hydrogen) atoms. The number of amides is 2. The zero-order valence-corrected chi connectivity index (χ0v) is 15.5. The Morgan fingerprint density at radius 1 is 0.917 bits per heavy atom. The van der Waals surface area contributed by atoms with E-state index in [1.54, 1.807) is 41.5 Å². The summed E-state index contributed by atoms with van der Waals surface area (Å²) in [6.07, 6.45) is -1.35. The minimum absolute atomic E-state index is 0.340. The van der Waals surface area contributed by atoms with Crippen molar-refractivity contribution in [1.29, 1.82) is 0 Å². The Balaban J connectivity index is 4.07. The Bertz CT molecular complexity index is 398. The summed E-state index contributed by atoms with van der Waals surface area (Å²) < 4.78 is 10.2. The van der Waals surface area contributed by atoms with Crippen molar-refractivity contribution in [1.82, 2.24) is 10.6 Å². The summed E-state index contributed by atoms with van der Waals surface area (Å²) in [6.45, 7) is 10.9. The summed E-state index contributed by atoms with van der Waals surface area (Å²) in [6, 6.07) is -0.832. The van der Waals surface area contributed by atoms with Gasteiger partial charge in [-0.3, -0.25) is 0 Å². The standard InChI is InChI=1S/C16H32N2O6/c1-15(2,3)23-13(21)17-10-8-7-9-11(12(19)20)18-14(22)24-16(4,5)6/h11-12,19-20H,7-10H2,1-6H3,(H,17,21)(H,18,22). The quantitative estimate of drug-likeness (QED) is 0.412. The fourth-order valence-corrected chi connectivity index (χ4v) is 1.75. The van der Waals surface area contributed by atoms with Crippen LogP contribution >= 0.6 is 0 Å². The van der Waals surface area contributed by atoms with E-state index in [4.69, 9.17) is 9.47 Å². The van der Waals surface area contributed by atoms with Gasteiger partial charge in [0.05, 0.1) is 6.04 Å². The van der Waals surface area contributed by atoms with E-state index in [1.807, 2.05) is 0 Å². The predicted molar refractivity (Wildman–Crippen MR) is 89.5 cm³/mol. The molecule has 0 saturated carbocycles. The normalized spacial score (nSPS) is 13.4. The molecule has 0 heterocycles. The van der Waals surface area contributed by atoms with Gasteiger partial charge in [-0.05, 0) is 60.8 Å². The summed E-state index contributed by atoms with van der Waals surface area (Å²) in [5, 5.41) is 23.7. The van der Waals surface area contributed by atoms with Gasteiger partial charge in [0.15, 0.2) is 6.29 Å². The number of rotatable bonds is 7. The van der Waals surface area contributed by atoms with Gasteiger partial charge >= 0.3 is 12.2 Å². The van der Waals surface area contributed by atoms with Crippen LogP contribution in [0.5, 0.6) is 0 Å². The highest BCUT2D eigenvalue weighted by Gasteiger charge is 2.23. The number of hydrogen-bond acceptors (Lipinski definition) is 6. The third-order valence-electron chi connectivity index (χ3n) is 2.67. The maximum Gasteiger partial charge on any atom is 0.408 e. The number of nitrogens with one attached hydrogen (secondary N) is 2. The zero-order chi connectivity index (χ0) is 19.0. The molecule has 0 bridgehead atoms. The van der Waals surface area contributed by atoms with Crippen LogP contribution in [-0.4, -0.2) is 52.5 Å². The molecule has 0 aliphatic carbocycles. The van der Waals surface area contributed by atoms with E-state index in [0.29, 0.717) is 25.8 Å². The van der Waals surface area contributed by atoms with Gasteiger partial charge in [-0.25, -0.2) is 9.59 Å². The van der Waals surface area contributed by atoms with E-state index >= 15 is 0 Å². The van der Waals surface area contributed by atoms with Crippen molar-refractivity contribution in [3.05, 3.63) is 0 Å². The zero-order valence-electron chi connectivity index (χ0n) is 15.5. The molecular formula is C16H32N2O6. The number of alkyl carbamates (subject to hydrolysis) is 2. The molecule has 0 rings (SSSR count). The van der Waals surface area contributed by atoms with E-state index in [1.165, 1.54) is 0 Å². The summed E-state index contributed by atoms with van der Waals surface area (Å²) in [5.74, 6) is 0. The van der Waals surface area contributed by atoms with E-state index in [-0.39, 0.29) is 0 Å². The molecule has 0 spiro atoms. The number of carbonyl (C=O) groups excluding carboxylic acids is 2. The Morgan fingerprint density at radius 3 is 1.88 bits per heavy atom. The summed E-state index contributed by atoms with van der Waals surface area (Å²) in [7, 11) is 0. The Kier molecular flexibility index (Phi) is 9.06. The van der Waals surface area contributed by atoms with Crippen molar-refractivity contribution < 1.29 is 29.3 Å². The van der Waals surface area contributed by atoms with Gasteiger partial charge in [0.1, 0.15) is 11.2 Å². The van der Waals surface area contributed by atoms with Crippen LogP contribution in [0.15, 0.2) is 0 Å². The molecule has 4 N–H and O–H groups in total. The monoisotopic (exact) mass is 348 g/mol. The van der Waals surface area contributed by atoms with Crippen LogP contribution in [0.2, 0.25) is 0 Å². The fourth-order valence-electron chi connectivity index (χ4n) is 1.75. The third kappa shape index (κ3) is 13.0. The molecule has 0 saturated heterocycles. The van der Waals surface area contributed by atoms with Crippen LogP contribution in [0.3, 0.4) is 0 Å². The first kappa shape index (κ1) is 22.5. The van der Waals surface area contributed by atoms with Crippen molar-refractivity contribution in [2.75, 3.05) is 6.54 Å². The molecule has 8 nitrogen and oxygen atoms in total. The van der Waals surface area contributed by atoms with Crippen molar-refractivity contribution >= 4 is 12.2 Å². The lowest BCUT2D eigenvalue weighted by atomic mass is 10.1. The lowest BCUT2D eigenvalue weighted by Crippen LogP contribution is -2.45. The van der Waals surface area contributed by atoms with Gasteiger partial charge in [-0.1, -0.05) is 0 Å². The van der Waals surface area contributed by atoms with Gasteiger partial charge < -0.3 is 30.3 Å². The summed E-state index contributed by atoms with van der Waals surface area (Å²) in [4.78, 5) is 23.1. The van der Waals surface area contributed by atoms with E-state index in [0.717, 1.165) is 0 Å². The van der Waals surface area contributed by atoms with Crippen LogP contribution < -0.4 is 10.6 Å². The SMILES string of the molecule is CC(C)(C)OC(=O)NCCCCC(NC(=O)OC(C)(C)C)C(O)O. The number of aliphatic hydroxyl groups excluding tert-OH is 1. The van der Waals surface area contributed by atoms with Crippen LogP contribution in [0.1, 0.15) is 60.8 Å². The number of aliphatic hydroxyl groups is 2. The van der Waals surface area contributed by atoms with Crippen LogP contribution in [-0.2, 0) is 9.47 Å². The first-order valence-corrected chi connectivity index (χ1v) is 8.12. The molecule has 0 radical (unpaired) electrons. The number of carbonyl (C=O) groups is 2. The van der Waals surface area contributed by atoms with Crippen LogP contribution in [0.25, 0.3) is 0 Å². The van der Waals surface area contributed by atoms with Gasteiger partial charge in [-0.2, -0.15) is 0 Å². The summed E-state index contributed by atoms with van der Waals surface area (Å²) in [5.41, 5.74) is -1.21. The van der Waals surface area contributed by atoms with Gasteiger partial charge in [0, 0.05) is 6.54 Å². The molecule has 0 aliphatic rings. The van der Waals surface area contributed by atoms with Crippen molar-refractivity contribution in [2.45, 2.75) is 84.3 Å². The molecule has 0 aromatic carbocycles. The first-order valence-electron chi connectivity index (χ1n) is 8.12. The highest BCUT2D eigenvalue weighted by Crippen LogP contribution is 2.10. The Labute approximate surface area is 143 Å². The predicted octanol–water partition coefficient (Wildman–Crippen LogP) is 1.89. The lowest BCUT2D eigenvalue weighted by Gasteiger charge is -2.24. The Hall–Kier alpha value is -1.54. The van der Waals surface area contributed by atoms with Gasteiger partial charge in [-0.15, -0.1) is 0 Å². The summed E-state index contributed by atoms with van der Waals surface area (Å²) >= 11 is 0. The number of ether oxygens (including phenoxy) is 2. The third-order valence-corrected chi connectivity index (χ3v) is 2.67. The lowest BCUT2D eigenvalue weighted by molar-refractivity contribution is -0.0702. The molecule has 0 aliphatic heterocycles. The molecule has 0 aromatic heterocycles. The second kappa shape index (κ2) is 9.68. The fraction of sp³-hybridized carbons (Fsp3) is 0.875. The molecule has 1 atom stereocenters. The van der Waals surface area contributed by atoms with Crippen molar-refractivity contribution in [2.24, 2.45) is 0 Å². The molecule has 0 fully saturated rings. The average molecular weight is 348 g/mol.